The van der Waals surface area contributed by atoms with Gasteiger partial charge in [0.2, 0.25) is 0 Å². The zero-order valence-corrected chi connectivity index (χ0v) is 17.5. The molecule has 0 saturated heterocycles. The first-order chi connectivity index (χ1) is 13.0. The Morgan fingerprint density at radius 1 is 1.11 bits per heavy atom. The van der Waals surface area contributed by atoms with E-state index < -0.39 is 47.6 Å². The van der Waals surface area contributed by atoms with Crippen molar-refractivity contribution in [1.29, 1.82) is 0 Å². The molecule has 0 aliphatic carbocycles. The van der Waals surface area contributed by atoms with Crippen molar-refractivity contribution < 1.29 is 37.8 Å². The molecule has 0 spiro atoms. The largest absolute Gasteiger partial charge is 0.481 e. The topological polar surface area (TPSA) is 107 Å². The van der Waals surface area contributed by atoms with Crippen LogP contribution in [0.3, 0.4) is 0 Å². The van der Waals surface area contributed by atoms with Crippen molar-refractivity contribution >= 4 is 55.4 Å². The van der Waals surface area contributed by atoms with Crippen LogP contribution in [-0.4, -0.2) is 57.9 Å². The van der Waals surface area contributed by atoms with Crippen molar-refractivity contribution in [3.63, 3.8) is 0 Å². The first-order valence-corrected chi connectivity index (χ1v) is 10.1. The van der Waals surface area contributed by atoms with E-state index >= 15 is 0 Å². The number of carboxylic acids is 2. The molecule has 0 saturated carbocycles. The van der Waals surface area contributed by atoms with Crippen LogP contribution in [0.5, 0.6) is 0 Å². The van der Waals surface area contributed by atoms with Crippen LogP contribution in [0, 0.1) is 0 Å². The predicted octanol–water partition coefficient (Wildman–Crippen LogP) is 2.96. The molecule has 1 unspecified atom stereocenters. The predicted molar refractivity (Wildman–Crippen MR) is 102 cm³/mol. The third-order valence-corrected chi connectivity index (χ3v) is 4.31. The minimum atomic E-state index is -4.75. The molecule has 1 aromatic carbocycles. The summed E-state index contributed by atoms with van der Waals surface area (Å²) in [5, 5.41) is 20.4. The molecule has 0 aliphatic rings. The van der Waals surface area contributed by atoms with E-state index in [1.54, 1.807) is 0 Å². The van der Waals surface area contributed by atoms with E-state index in [0.29, 0.717) is 29.8 Å². The Bertz CT molecular complexity index is 725. The zero-order chi connectivity index (χ0) is 21.5. The summed E-state index contributed by atoms with van der Waals surface area (Å²) in [5.74, 6) is -4.19. The molecule has 3 N–H and O–H groups in total. The average molecular weight is 534 g/mol. The molecule has 0 aliphatic heterocycles. The number of nitrogens with zero attached hydrogens (tertiary/aromatic N) is 1. The number of anilines is 1. The third-order valence-electron chi connectivity index (χ3n) is 3.60. The van der Waals surface area contributed by atoms with Crippen molar-refractivity contribution in [2.75, 3.05) is 28.6 Å². The number of rotatable bonds is 10. The van der Waals surface area contributed by atoms with Crippen LogP contribution in [0.1, 0.15) is 22.3 Å². The van der Waals surface area contributed by atoms with Gasteiger partial charge in [0.05, 0.1) is 12.0 Å². The van der Waals surface area contributed by atoms with Crippen molar-refractivity contribution in [2.24, 2.45) is 0 Å². The SMILES string of the molecule is O=C(O)CC(NC(=O)c1ccc(N(CCBr)CCBr)c(C(F)(F)F)c1)C(=O)O. The van der Waals surface area contributed by atoms with Crippen LogP contribution in [0.15, 0.2) is 18.2 Å². The summed E-state index contributed by atoms with van der Waals surface area (Å²) in [6.45, 7) is 0.583. The van der Waals surface area contributed by atoms with Gasteiger partial charge in [0.1, 0.15) is 6.04 Å². The second kappa shape index (κ2) is 10.6. The molecular weight excluding hydrogens is 517 g/mol. The average Bonchev–Trinajstić information content (AvgIpc) is 2.59. The fourth-order valence-electron chi connectivity index (χ4n) is 2.35. The Labute approximate surface area is 175 Å². The molecule has 1 rings (SSSR count). The molecule has 0 heterocycles. The van der Waals surface area contributed by atoms with Gasteiger partial charge >= 0.3 is 18.1 Å². The third kappa shape index (κ3) is 6.97. The van der Waals surface area contributed by atoms with Crippen molar-refractivity contribution in [2.45, 2.75) is 18.6 Å². The van der Waals surface area contributed by atoms with Gasteiger partial charge < -0.3 is 20.4 Å². The highest BCUT2D eigenvalue weighted by atomic mass is 79.9. The van der Waals surface area contributed by atoms with Crippen LogP contribution in [-0.2, 0) is 15.8 Å². The molecule has 0 bridgehead atoms. The number of aliphatic carboxylic acids is 2. The van der Waals surface area contributed by atoms with Crippen LogP contribution >= 0.6 is 31.9 Å². The number of alkyl halides is 5. The first kappa shape index (κ1) is 24.2. The normalized spacial score (nSPS) is 12.3. The molecule has 0 fully saturated rings. The molecule has 0 radical (unpaired) electrons. The molecule has 7 nitrogen and oxygen atoms in total. The number of hydrogen-bond acceptors (Lipinski definition) is 4. The van der Waals surface area contributed by atoms with Crippen LogP contribution < -0.4 is 10.2 Å². The van der Waals surface area contributed by atoms with E-state index in [1.807, 2.05) is 5.32 Å². The van der Waals surface area contributed by atoms with E-state index in [9.17, 15) is 27.6 Å². The van der Waals surface area contributed by atoms with Crippen LogP contribution in [0.4, 0.5) is 18.9 Å². The second-order valence-corrected chi connectivity index (χ2v) is 7.14. The smallest absolute Gasteiger partial charge is 0.418 e. The van der Waals surface area contributed by atoms with Gasteiger partial charge in [-0.15, -0.1) is 0 Å². The van der Waals surface area contributed by atoms with Gasteiger partial charge in [-0.25, -0.2) is 4.79 Å². The number of carbonyl (C=O) groups is 3. The van der Waals surface area contributed by atoms with Gasteiger partial charge in [0.25, 0.3) is 5.91 Å². The summed E-state index contributed by atoms with van der Waals surface area (Å²) in [6, 6.07) is 1.13. The highest BCUT2D eigenvalue weighted by Gasteiger charge is 2.36. The summed E-state index contributed by atoms with van der Waals surface area (Å²) < 4.78 is 40.6. The second-order valence-electron chi connectivity index (χ2n) is 5.56. The summed E-state index contributed by atoms with van der Waals surface area (Å²) in [6.07, 6.45) is -5.66. The summed E-state index contributed by atoms with van der Waals surface area (Å²) >= 11 is 6.37. The fraction of sp³-hybridized carbons (Fsp3) is 0.438. The fourth-order valence-corrected chi connectivity index (χ4v) is 3.21. The standard InChI is InChI=1S/C16H17Br2F3N2O5/c17-3-5-23(6-4-18)12-2-1-9(7-10(12)16(19,20)21)14(26)22-11(15(27)28)8-13(24)25/h1-2,7,11H,3-6,8H2,(H,22,26)(H,24,25)(H,27,28). The Morgan fingerprint density at radius 3 is 2.11 bits per heavy atom. The number of benzene rings is 1. The monoisotopic (exact) mass is 532 g/mol. The Kier molecular flexibility index (Phi) is 9.21. The minimum absolute atomic E-state index is 0.122. The molecule has 156 valence electrons. The van der Waals surface area contributed by atoms with Gasteiger partial charge in [-0.3, -0.25) is 9.59 Å². The molecule has 1 atom stereocenters. The molecule has 12 heteroatoms. The zero-order valence-electron chi connectivity index (χ0n) is 14.3. The lowest BCUT2D eigenvalue weighted by Crippen LogP contribution is -2.42. The van der Waals surface area contributed by atoms with Gasteiger partial charge in [0, 0.05) is 35.0 Å². The number of hydrogen-bond donors (Lipinski definition) is 3. The van der Waals surface area contributed by atoms with E-state index in [-0.39, 0.29) is 5.69 Å². The van der Waals surface area contributed by atoms with E-state index in [1.165, 1.54) is 4.90 Å². The van der Waals surface area contributed by atoms with Crippen molar-refractivity contribution in [3.05, 3.63) is 29.3 Å². The lowest BCUT2D eigenvalue weighted by molar-refractivity contribution is -0.145. The van der Waals surface area contributed by atoms with E-state index in [2.05, 4.69) is 31.9 Å². The molecule has 1 aromatic rings. The van der Waals surface area contributed by atoms with Gasteiger partial charge in [-0.1, -0.05) is 31.9 Å². The highest BCUT2D eigenvalue weighted by molar-refractivity contribution is 9.09. The van der Waals surface area contributed by atoms with Crippen molar-refractivity contribution in [3.8, 4) is 0 Å². The minimum Gasteiger partial charge on any atom is -0.481 e. The van der Waals surface area contributed by atoms with Gasteiger partial charge in [0.15, 0.2) is 0 Å². The van der Waals surface area contributed by atoms with E-state index in [4.69, 9.17) is 10.2 Å². The van der Waals surface area contributed by atoms with Crippen molar-refractivity contribution in [1.82, 2.24) is 5.32 Å². The Morgan fingerprint density at radius 2 is 1.68 bits per heavy atom. The Hall–Kier alpha value is -1.82. The molecule has 1 amide bonds. The van der Waals surface area contributed by atoms with E-state index in [0.717, 1.165) is 12.1 Å². The lowest BCUT2D eigenvalue weighted by Gasteiger charge is -2.27. The maximum Gasteiger partial charge on any atom is 0.418 e. The molecule has 0 aromatic heterocycles. The first-order valence-electron chi connectivity index (χ1n) is 7.84. The summed E-state index contributed by atoms with van der Waals surface area (Å²) in [7, 11) is 0. The van der Waals surface area contributed by atoms with Crippen LogP contribution in [0.25, 0.3) is 0 Å². The molecule has 28 heavy (non-hydrogen) atoms. The quantitative estimate of drug-likeness (QED) is 0.399. The highest BCUT2D eigenvalue weighted by Crippen LogP contribution is 2.37. The number of halogens is 5. The number of carbonyl (C=O) groups excluding carboxylic acids is 1. The Balaban J connectivity index is 3.26. The van der Waals surface area contributed by atoms with Gasteiger partial charge in [-0.05, 0) is 18.2 Å². The molecular formula is C16H17Br2F3N2O5. The number of nitrogens with one attached hydrogen (secondary N) is 1. The lowest BCUT2D eigenvalue weighted by atomic mass is 10.1. The number of amides is 1. The maximum atomic E-state index is 13.5. The summed E-state index contributed by atoms with van der Waals surface area (Å²) in [4.78, 5) is 35.4. The number of carboxylic acid groups (broad SMARTS) is 2. The van der Waals surface area contributed by atoms with Crippen LogP contribution in [0.2, 0.25) is 0 Å². The summed E-state index contributed by atoms with van der Waals surface area (Å²) in [5.41, 5.74) is -1.60. The maximum absolute atomic E-state index is 13.5. The van der Waals surface area contributed by atoms with Gasteiger partial charge in [-0.2, -0.15) is 13.2 Å².